The lowest BCUT2D eigenvalue weighted by Gasteiger charge is -2.29. The van der Waals surface area contributed by atoms with E-state index in [4.69, 9.17) is 4.74 Å². The van der Waals surface area contributed by atoms with Crippen molar-refractivity contribution in [2.45, 2.75) is 45.9 Å². The molecule has 0 radical (unpaired) electrons. The quantitative estimate of drug-likeness (QED) is 0.261. The van der Waals surface area contributed by atoms with Gasteiger partial charge in [-0.1, -0.05) is 41.7 Å². The zero-order valence-electron chi connectivity index (χ0n) is 21.7. The first-order chi connectivity index (χ1) is 18.4. The molecule has 0 atom stereocenters. The van der Waals surface area contributed by atoms with Crippen LogP contribution in [0.25, 0.3) is 11.3 Å². The van der Waals surface area contributed by atoms with Gasteiger partial charge in [0.25, 0.3) is 0 Å². The molecule has 0 spiro atoms. The number of H-pyrrole nitrogens is 1. The number of aryl methyl sites for hydroxylation is 1. The predicted octanol–water partition coefficient (Wildman–Crippen LogP) is 6.54. The molecule has 0 amide bonds. The number of benzene rings is 2. The van der Waals surface area contributed by atoms with E-state index in [-0.39, 0.29) is 11.1 Å². The molecule has 0 bridgehead atoms. The van der Waals surface area contributed by atoms with Crippen LogP contribution in [0, 0.1) is 6.92 Å². The van der Waals surface area contributed by atoms with Gasteiger partial charge in [0.05, 0.1) is 30.1 Å². The summed E-state index contributed by atoms with van der Waals surface area (Å²) in [5.74, 6) is 0. The summed E-state index contributed by atoms with van der Waals surface area (Å²) in [6.45, 7) is 9.31. The fraction of sp³-hybridized carbons (Fsp3) is 0.267. The van der Waals surface area contributed by atoms with Crippen LogP contribution in [0.4, 0.5) is 11.4 Å². The average Bonchev–Trinajstić information content (AvgIpc) is 2.92. The molecular weight excluding hydrogens is 512 g/mol. The van der Waals surface area contributed by atoms with Crippen LogP contribution in [-0.2, 0) is 10.3 Å². The molecule has 6 rings (SSSR count). The Kier molecular flexibility index (Phi) is 6.72. The predicted molar refractivity (Wildman–Crippen MR) is 156 cm³/mol. The lowest BCUT2D eigenvalue weighted by molar-refractivity contribution is 0.122. The number of aromatic amines is 1. The first-order valence-electron chi connectivity index (χ1n) is 12.8. The zero-order chi connectivity index (χ0) is 26.3. The number of nitrogens with one attached hydrogen (secondary N) is 2. The second-order valence-corrected chi connectivity index (χ2v) is 12.3. The van der Waals surface area contributed by atoms with E-state index in [1.54, 1.807) is 29.6 Å². The lowest BCUT2D eigenvalue weighted by atomic mass is 9.99. The van der Waals surface area contributed by atoms with Gasteiger partial charge in [0, 0.05) is 61.9 Å². The number of anilines is 2. The summed E-state index contributed by atoms with van der Waals surface area (Å²) in [6.07, 6.45) is 1.91. The third-order valence-corrected chi connectivity index (χ3v) is 9.45. The van der Waals surface area contributed by atoms with Gasteiger partial charge in [-0.25, -0.2) is 0 Å². The Hall–Kier alpha value is -3.20. The van der Waals surface area contributed by atoms with E-state index >= 15 is 0 Å². The summed E-state index contributed by atoms with van der Waals surface area (Å²) >= 11 is 3.53. The molecule has 1 saturated heterocycles. The smallest absolute Gasteiger partial charge is 0.250 e. The van der Waals surface area contributed by atoms with E-state index in [1.807, 2.05) is 6.20 Å². The van der Waals surface area contributed by atoms with Crippen molar-refractivity contribution in [2.75, 3.05) is 36.5 Å². The molecule has 194 valence electrons. The van der Waals surface area contributed by atoms with Crippen molar-refractivity contribution >= 4 is 34.9 Å². The average molecular weight is 543 g/mol. The summed E-state index contributed by atoms with van der Waals surface area (Å²) in [5.41, 5.74) is 5.66. The van der Waals surface area contributed by atoms with Crippen LogP contribution in [0.3, 0.4) is 0 Å². The summed E-state index contributed by atoms with van der Waals surface area (Å²) in [5, 5.41) is 3.67. The fourth-order valence-corrected chi connectivity index (χ4v) is 7.25. The Labute approximate surface area is 231 Å². The third-order valence-electron chi connectivity index (χ3n) is 6.86. The van der Waals surface area contributed by atoms with Gasteiger partial charge in [0.2, 0.25) is 5.56 Å². The minimum Gasteiger partial charge on any atom is -0.378 e. The van der Waals surface area contributed by atoms with Crippen LogP contribution >= 0.6 is 23.5 Å². The van der Waals surface area contributed by atoms with E-state index in [1.165, 1.54) is 19.6 Å². The summed E-state index contributed by atoms with van der Waals surface area (Å²) in [6, 6.07) is 20.8. The molecule has 1 fully saturated rings. The first-order valence-corrected chi connectivity index (χ1v) is 14.4. The number of aromatic nitrogens is 2. The molecule has 0 saturated carbocycles. The molecule has 2 aliphatic rings. The number of ether oxygens (including phenoxy) is 1. The van der Waals surface area contributed by atoms with Crippen LogP contribution in [0.15, 0.2) is 91.2 Å². The zero-order valence-corrected chi connectivity index (χ0v) is 23.3. The number of rotatable bonds is 5. The molecule has 8 heteroatoms. The van der Waals surface area contributed by atoms with Gasteiger partial charge in [0.1, 0.15) is 0 Å². The largest absolute Gasteiger partial charge is 0.378 e. The highest BCUT2D eigenvalue weighted by Crippen LogP contribution is 2.52. The highest BCUT2D eigenvalue weighted by atomic mass is 32.2. The molecule has 0 aliphatic carbocycles. The van der Waals surface area contributed by atoms with Crippen LogP contribution in [0.2, 0.25) is 0 Å². The first kappa shape index (κ1) is 25.1. The maximum Gasteiger partial charge on any atom is 0.250 e. The highest BCUT2D eigenvalue weighted by molar-refractivity contribution is 8.05. The van der Waals surface area contributed by atoms with Gasteiger partial charge in [-0.3, -0.25) is 9.78 Å². The number of morpholine rings is 1. The van der Waals surface area contributed by atoms with E-state index in [0.717, 1.165) is 47.0 Å². The van der Waals surface area contributed by atoms with E-state index < -0.39 is 0 Å². The molecule has 38 heavy (non-hydrogen) atoms. The van der Waals surface area contributed by atoms with Gasteiger partial charge in [0.15, 0.2) is 0 Å². The molecule has 4 heterocycles. The maximum absolute atomic E-state index is 12.6. The van der Waals surface area contributed by atoms with E-state index in [0.29, 0.717) is 13.2 Å². The standard InChI is InChI=1S/C30H30N4O2S2/c1-19-7-10-27(31-18-19)30(2,3)33-20-8-9-24-26(15-20)37-25-6-4-5-22(29(25)38-24)23-16-21(17-28(35)32-23)34-11-13-36-14-12-34/h4-10,15-18,33H,11-14H2,1-3H3,(H,32,35). The third kappa shape index (κ3) is 5.08. The summed E-state index contributed by atoms with van der Waals surface area (Å²) < 4.78 is 5.49. The monoisotopic (exact) mass is 542 g/mol. The van der Waals surface area contributed by atoms with Gasteiger partial charge in [-0.15, -0.1) is 0 Å². The van der Waals surface area contributed by atoms with Crippen molar-refractivity contribution in [3.8, 4) is 11.3 Å². The van der Waals surface area contributed by atoms with Crippen LogP contribution in [0.5, 0.6) is 0 Å². The summed E-state index contributed by atoms with van der Waals surface area (Å²) in [4.78, 5) is 27.3. The fourth-order valence-electron chi connectivity index (χ4n) is 4.83. The van der Waals surface area contributed by atoms with Gasteiger partial charge in [-0.05, 0) is 62.7 Å². The second kappa shape index (κ2) is 10.2. The molecule has 6 nitrogen and oxygen atoms in total. The lowest BCUT2D eigenvalue weighted by Crippen LogP contribution is -2.36. The number of pyridine rings is 2. The second-order valence-electron chi connectivity index (χ2n) is 10.2. The topological polar surface area (TPSA) is 70.2 Å². The van der Waals surface area contributed by atoms with Crippen molar-refractivity contribution in [3.05, 3.63) is 88.5 Å². The molecule has 0 unspecified atom stereocenters. The molecule has 2 aromatic heterocycles. The van der Waals surface area contributed by atoms with Crippen molar-refractivity contribution in [2.24, 2.45) is 0 Å². The molecular formula is C30H30N4O2S2. The van der Waals surface area contributed by atoms with Crippen molar-refractivity contribution in [1.82, 2.24) is 9.97 Å². The number of hydrogen-bond acceptors (Lipinski definition) is 7. The molecule has 4 aromatic rings. The van der Waals surface area contributed by atoms with Crippen molar-refractivity contribution < 1.29 is 4.74 Å². The molecule has 2 aromatic carbocycles. The van der Waals surface area contributed by atoms with E-state index in [2.05, 4.69) is 95.6 Å². The van der Waals surface area contributed by atoms with Crippen LogP contribution in [0.1, 0.15) is 25.1 Å². The van der Waals surface area contributed by atoms with Gasteiger partial charge in [-0.2, -0.15) is 0 Å². The van der Waals surface area contributed by atoms with Crippen molar-refractivity contribution in [3.63, 3.8) is 0 Å². The van der Waals surface area contributed by atoms with Gasteiger partial charge >= 0.3 is 0 Å². The van der Waals surface area contributed by atoms with Gasteiger partial charge < -0.3 is 19.9 Å². The Morgan fingerprint density at radius 3 is 2.61 bits per heavy atom. The van der Waals surface area contributed by atoms with E-state index in [9.17, 15) is 4.79 Å². The minimum absolute atomic E-state index is 0.0862. The van der Waals surface area contributed by atoms with Crippen molar-refractivity contribution in [1.29, 1.82) is 0 Å². The summed E-state index contributed by atoms with van der Waals surface area (Å²) in [7, 11) is 0. The number of hydrogen-bond donors (Lipinski definition) is 2. The SMILES string of the molecule is Cc1ccc(C(C)(C)Nc2ccc3c(c2)Sc2cccc(-c4cc(N5CCOCC5)cc(=O)[nH]4)c2S3)nc1. The Bertz CT molecular complexity index is 1540. The molecule has 2 aliphatic heterocycles. The maximum atomic E-state index is 12.6. The Morgan fingerprint density at radius 2 is 1.82 bits per heavy atom. The Balaban J connectivity index is 1.28. The number of fused-ring (bicyclic) bond motifs is 2. The highest BCUT2D eigenvalue weighted by Gasteiger charge is 2.25. The normalized spacial score (nSPS) is 15.1. The number of nitrogens with zero attached hydrogens (tertiary/aromatic N) is 2. The minimum atomic E-state index is -0.309. The van der Waals surface area contributed by atoms with Crippen LogP contribution in [-0.4, -0.2) is 36.3 Å². The Morgan fingerprint density at radius 1 is 0.974 bits per heavy atom. The van der Waals surface area contributed by atoms with Crippen LogP contribution < -0.4 is 15.8 Å². The molecule has 2 N–H and O–H groups in total.